The Morgan fingerprint density at radius 3 is 0.821 bits per heavy atom. The molecule has 78 heavy (non-hydrogen) atoms. The summed E-state index contributed by atoms with van der Waals surface area (Å²) in [4.78, 5) is 38.3. The molecular formula is C72H130O6. The Morgan fingerprint density at radius 1 is 0.269 bits per heavy atom. The van der Waals surface area contributed by atoms with Crippen molar-refractivity contribution in [2.24, 2.45) is 0 Å². The molecule has 0 N–H and O–H groups in total. The maximum atomic E-state index is 12.9. The number of ether oxygens (including phenoxy) is 3. The minimum absolute atomic E-state index is 0.0906. The van der Waals surface area contributed by atoms with Crippen molar-refractivity contribution in [3.05, 3.63) is 60.8 Å². The molecule has 0 aromatic carbocycles. The molecule has 0 aromatic rings. The second-order valence-corrected chi connectivity index (χ2v) is 23.1. The van der Waals surface area contributed by atoms with Crippen LogP contribution < -0.4 is 0 Å². The number of allylic oxidation sites excluding steroid dienone is 10. The molecule has 6 heteroatoms. The molecular weight excluding hydrogens is 961 g/mol. The number of esters is 3. The Bertz CT molecular complexity index is 1390. The molecule has 0 rings (SSSR count). The van der Waals surface area contributed by atoms with Gasteiger partial charge in [-0.2, -0.15) is 0 Å². The summed E-state index contributed by atoms with van der Waals surface area (Å²) in [5.74, 6) is -0.924. The van der Waals surface area contributed by atoms with Crippen LogP contribution in [0.5, 0.6) is 0 Å². The van der Waals surface area contributed by atoms with Crippen LogP contribution in [-0.2, 0) is 28.6 Å². The summed E-state index contributed by atoms with van der Waals surface area (Å²) in [7, 11) is 0. The van der Waals surface area contributed by atoms with E-state index >= 15 is 0 Å². The average molecular weight is 1090 g/mol. The van der Waals surface area contributed by atoms with Crippen LogP contribution in [0.4, 0.5) is 0 Å². The molecule has 0 radical (unpaired) electrons. The zero-order valence-corrected chi connectivity index (χ0v) is 52.2. The summed E-state index contributed by atoms with van der Waals surface area (Å²) < 4.78 is 16.9. The van der Waals surface area contributed by atoms with Crippen LogP contribution in [0.2, 0.25) is 0 Å². The van der Waals surface area contributed by atoms with E-state index in [1.54, 1.807) is 0 Å². The highest BCUT2D eigenvalue weighted by Gasteiger charge is 2.19. The lowest BCUT2D eigenvalue weighted by Gasteiger charge is -2.18. The van der Waals surface area contributed by atoms with E-state index in [4.69, 9.17) is 14.2 Å². The molecule has 0 heterocycles. The van der Waals surface area contributed by atoms with E-state index in [2.05, 4.69) is 81.5 Å². The first kappa shape index (κ1) is 75.1. The Kier molecular flexibility index (Phi) is 64.2. The van der Waals surface area contributed by atoms with Crippen LogP contribution in [0.15, 0.2) is 60.8 Å². The number of hydrogen-bond acceptors (Lipinski definition) is 6. The van der Waals surface area contributed by atoms with Crippen LogP contribution in [0.1, 0.15) is 361 Å². The Hall–Kier alpha value is -2.89. The third-order valence-corrected chi connectivity index (χ3v) is 15.3. The van der Waals surface area contributed by atoms with Gasteiger partial charge in [0.1, 0.15) is 13.2 Å². The maximum Gasteiger partial charge on any atom is 0.306 e. The Morgan fingerprint density at radius 2 is 0.500 bits per heavy atom. The van der Waals surface area contributed by atoms with Gasteiger partial charge in [-0.1, -0.05) is 319 Å². The normalized spacial score (nSPS) is 12.4. The van der Waals surface area contributed by atoms with Crippen LogP contribution in [0.25, 0.3) is 0 Å². The van der Waals surface area contributed by atoms with E-state index in [1.165, 1.54) is 231 Å². The fraction of sp³-hybridized carbons (Fsp3) is 0.819. The highest BCUT2D eigenvalue weighted by atomic mass is 16.6. The monoisotopic (exact) mass is 1090 g/mol. The Labute approximate surface area is 485 Å². The van der Waals surface area contributed by atoms with E-state index in [9.17, 15) is 14.4 Å². The van der Waals surface area contributed by atoms with Crippen LogP contribution in [0.3, 0.4) is 0 Å². The highest BCUT2D eigenvalue weighted by Crippen LogP contribution is 2.18. The quantitative estimate of drug-likeness (QED) is 0.0261. The third kappa shape index (κ3) is 63.9. The second kappa shape index (κ2) is 66.6. The molecule has 0 spiro atoms. The predicted octanol–water partition coefficient (Wildman–Crippen LogP) is 23.5. The molecule has 0 aliphatic rings. The van der Waals surface area contributed by atoms with Gasteiger partial charge < -0.3 is 14.2 Å². The molecule has 1 atom stereocenters. The summed E-state index contributed by atoms with van der Waals surface area (Å²) in [6.45, 7) is 6.52. The lowest BCUT2D eigenvalue weighted by atomic mass is 10.0. The predicted molar refractivity (Wildman–Crippen MR) is 339 cm³/mol. The molecule has 6 nitrogen and oxygen atoms in total. The van der Waals surface area contributed by atoms with Gasteiger partial charge >= 0.3 is 17.9 Å². The SMILES string of the molecule is CC/C=C\C/C=C\C/C=C\C/C=C\CCCCC(=O)OC(COC(=O)CCCCCCC/C=C\CCCCCCC)COC(=O)CCCCCCCCCCCCCCCCCCCCCCCCCCCCCCCCC. The van der Waals surface area contributed by atoms with Crippen molar-refractivity contribution in [3.8, 4) is 0 Å². The van der Waals surface area contributed by atoms with E-state index in [1.807, 2.05) is 0 Å². The van der Waals surface area contributed by atoms with Crippen LogP contribution in [-0.4, -0.2) is 37.2 Å². The zero-order chi connectivity index (χ0) is 56.4. The van der Waals surface area contributed by atoms with Gasteiger partial charge in [0.05, 0.1) is 0 Å². The van der Waals surface area contributed by atoms with E-state index in [0.29, 0.717) is 19.3 Å². The fourth-order valence-corrected chi connectivity index (χ4v) is 10.1. The van der Waals surface area contributed by atoms with Crippen molar-refractivity contribution >= 4 is 17.9 Å². The van der Waals surface area contributed by atoms with Crippen LogP contribution in [0, 0.1) is 0 Å². The smallest absolute Gasteiger partial charge is 0.306 e. The van der Waals surface area contributed by atoms with E-state index in [0.717, 1.165) is 83.5 Å². The van der Waals surface area contributed by atoms with Gasteiger partial charge in [-0.05, 0) is 83.5 Å². The number of hydrogen-bond donors (Lipinski definition) is 0. The summed E-state index contributed by atoms with van der Waals surface area (Å²) >= 11 is 0. The molecule has 0 saturated heterocycles. The number of carbonyl (C=O) groups excluding carboxylic acids is 3. The van der Waals surface area contributed by atoms with Gasteiger partial charge in [-0.25, -0.2) is 0 Å². The first-order chi connectivity index (χ1) is 38.5. The largest absolute Gasteiger partial charge is 0.462 e. The standard InChI is InChI=1S/C72H130O6/c1-4-7-10-13-16-19-22-25-28-29-30-31-32-33-34-35-36-37-38-39-40-41-42-43-45-47-50-53-56-59-62-65-71(74)77-68-69(67-76-70(73)64-61-58-55-52-49-46-27-24-21-18-15-12-9-6-3)78-72(75)66-63-60-57-54-51-48-44-26-23-20-17-14-11-8-5-2/h8,11,17,20,24,26-27,44,51,54,69H,4-7,9-10,12-16,18-19,21-23,25,28-43,45-50,52-53,55-68H2,1-3H3/b11-8-,20-17-,27-24-,44-26-,54-51-. The first-order valence-electron chi connectivity index (χ1n) is 34.3. The lowest BCUT2D eigenvalue weighted by Crippen LogP contribution is -2.30. The van der Waals surface area contributed by atoms with Gasteiger partial charge in [-0.15, -0.1) is 0 Å². The highest BCUT2D eigenvalue weighted by molar-refractivity contribution is 5.71. The van der Waals surface area contributed by atoms with Crippen molar-refractivity contribution in [2.45, 2.75) is 367 Å². The Balaban J connectivity index is 4.16. The average Bonchev–Trinajstić information content (AvgIpc) is 3.44. The summed E-state index contributed by atoms with van der Waals surface area (Å²) in [5.41, 5.74) is 0. The van der Waals surface area contributed by atoms with Gasteiger partial charge in [-0.3, -0.25) is 14.4 Å². The lowest BCUT2D eigenvalue weighted by molar-refractivity contribution is -0.167. The topological polar surface area (TPSA) is 78.9 Å². The summed E-state index contributed by atoms with van der Waals surface area (Å²) in [6.07, 6.45) is 85.6. The van der Waals surface area contributed by atoms with E-state index in [-0.39, 0.29) is 37.5 Å². The minimum atomic E-state index is -0.799. The molecule has 0 saturated carbocycles. The van der Waals surface area contributed by atoms with Gasteiger partial charge in [0.25, 0.3) is 0 Å². The molecule has 0 aliphatic heterocycles. The third-order valence-electron chi connectivity index (χ3n) is 15.3. The van der Waals surface area contributed by atoms with Crippen molar-refractivity contribution in [1.29, 1.82) is 0 Å². The molecule has 1 unspecified atom stereocenters. The summed E-state index contributed by atoms with van der Waals surface area (Å²) in [6, 6.07) is 0. The molecule has 0 bridgehead atoms. The molecule has 0 amide bonds. The first-order valence-corrected chi connectivity index (χ1v) is 34.3. The molecule has 0 aromatic heterocycles. The van der Waals surface area contributed by atoms with Gasteiger partial charge in [0.2, 0.25) is 0 Å². The molecule has 0 aliphatic carbocycles. The number of carbonyl (C=O) groups is 3. The van der Waals surface area contributed by atoms with Crippen molar-refractivity contribution in [1.82, 2.24) is 0 Å². The number of unbranched alkanes of at least 4 members (excludes halogenated alkanes) is 42. The summed E-state index contributed by atoms with van der Waals surface area (Å²) in [5, 5.41) is 0. The van der Waals surface area contributed by atoms with E-state index < -0.39 is 6.10 Å². The van der Waals surface area contributed by atoms with Crippen molar-refractivity contribution < 1.29 is 28.6 Å². The second-order valence-electron chi connectivity index (χ2n) is 23.1. The van der Waals surface area contributed by atoms with Gasteiger partial charge in [0.15, 0.2) is 6.10 Å². The maximum absolute atomic E-state index is 12.9. The fourth-order valence-electron chi connectivity index (χ4n) is 10.1. The minimum Gasteiger partial charge on any atom is -0.462 e. The van der Waals surface area contributed by atoms with Gasteiger partial charge in [0, 0.05) is 19.3 Å². The van der Waals surface area contributed by atoms with Crippen molar-refractivity contribution in [3.63, 3.8) is 0 Å². The van der Waals surface area contributed by atoms with Crippen molar-refractivity contribution in [2.75, 3.05) is 13.2 Å². The van der Waals surface area contributed by atoms with Crippen LogP contribution >= 0.6 is 0 Å². The molecule has 0 fully saturated rings. The zero-order valence-electron chi connectivity index (χ0n) is 52.2. The molecule has 454 valence electrons. The number of rotatable bonds is 63.